The zero-order chi connectivity index (χ0) is 28.1. The Morgan fingerprint density at radius 2 is 1.21 bits per heavy atom. The molecule has 43 heavy (non-hydrogen) atoms. The van der Waals surface area contributed by atoms with E-state index in [1.807, 2.05) is 0 Å². The molecule has 0 bridgehead atoms. The van der Waals surface area contributed by atoms with E-state index in [0.717, 1.165) is 0 Å². The van der Waals surface area contributed by atoms with E-state index >= 15 is 0 Å². The average Bonchev–Trinajstić information content (AvgIpc) is 3.57. The Labute approximate surface area is 290 Å². The fourth-order valence-electron chi connectivity index (χ4n) is 5.21. The molecule has 6 aromatic rings. The van der Waals surface area contributed by atoms with Crippen LogP contribution in [0, 0.1) is 42.5 Å². The van der Waals surface area contributed by atoms with Crippen LogP contribution < -0.4 is 0 Å². The van der Waals surface area contributed by atoms with E-state index < -0.39 is 0 Å². The van der Waals surface area contributed by atoms with Crippen molar-refractivity contribution in [1.29, 1.82) is 0 Å². The van der Waals surface area contributed by atoms with Crippen molar-refractivity contribution in [2.45, 2.75) is 47.5 Å². The van der Waals surface area contributed by atoms with Gasteiger partial charge in [-0.1, -0.05) is 99.5 Å². The molecule has 0 saturated carbocycles. The molecule has 0 amide bonds. The summed E-state index contributed by atoms with van der Waals surface area (Å²) in [5, 5.41) is 5.47. The number of aryl methyl sites for hydroxylation is 4. The normalized spacial score (nSPS) is 9.72. The van der Waals surface area contributed by atoms with Crippen molar-refractivity contribution in [2.24, 2.45) is 0 Å². The zero-order valence-corrected chi connectivity index (χ0v) is 31.8. The van der Waals surface area contributed by atoms with Gasteiger partial charge in [-0.2, -0.15) is 12.1 Å². The van der Waals surface area contributed by atoms with E-state index in [2.05, 4.69) is 152 Å². The van der Waals surface area contributed by atoms with E-state index in [9.17, 15) is 0 Å². The van der Waals surface area contributed by atoms with Gasteiger partial charge in [0.15, 0.2) is 0 Å². The van der Waals surface area contributed by atoms with Crippen LogP contribution in [0.1, 0.15) is 47.6 Å². The van der Waals surface area contributed by atoms with Crippen LogP contribution >= 0.6 is 24.8 Å². The van der Waals surface area contributed by atoms with Gasteiger partial charge in [-0.05, 0) is 42.0 Å². The van der Waals surface area contributed by atoms with E-state index in [0.29, 0.717) is 5.92 Å². The molecule has 0 aliphatic heterocycles. The molecule has 2 radical (unpaired) electrons. The van der Waals surface area contributed by atoms with Gasteiger partial charge in [-0.25, -0.2) is 0 Å². The Morgan fingerprint density at radius 1 is 0.581 bits per heavy atom. The first-order valence-electron chi connectivity index (χ1n) is 13.6. The van der Waals surface area contributed by atoms with Gasteiger partial charge in [0.1, 0.15) is 0 Å². The topological polar surface area (TPSA) is 0 Å². The molecule has 0 spiro atoms. The summed E-state index contributed by atoms with van der Waals surface area (Å²) in [7, 11) is 0. The summed E-state index contributed by atoms with van der Waals surface area (Å²) in [5.41, 5.74) is 12.1. The zero-order valence-electron chi connectivity index (χ0n) is 26.7. The van der Waals surface area contributed by atoms with Gasteiger partial charge in [0, 0.05) is 0 Å². The van der Waals surface area contributed by atoms with E-state index in [1.54, 1.807) is 0 Å². The molecule has 6 aromatic carbocycles. The predicted octanol–water partition coefficient (Wildman–Crippen LogP) is 12.2. The van der Waals surface area contributed by atoms with E-state index in [1.165, 1.54) is 95.0 Å². The predicted molar refractivity (Wildman–Crippen MR) is 196 cm³/mol. The van der Waals surface area contributed by atoms with Crippen LogP contribution in [0.25, 0.3) is 43.8 Å². The first kappa shape index (κ1) is 40.8. The third kappa shape index (κ3) is 9.39. The van der Waals surface area contributed by atoms with Gasteiger partial charge in [0.25, 0.3) is 0 Å². The minimum atomic E-state index is 0. The Hall–Kier alpha value is -2.22. The average molecular weight is 703 g/mol. The first-order valence-corrected chi connectivity index (χ1v) is 17.7. The number of rotatable bonds is 3. The quantitative estimate of drug-likeness (QED) is 0.127. The molecule has 0 unspecified atom stereocenters. The molecule has 0 N–H and O–H groups in total. The number of halogens is 2. The molecule has 0 aliphatic carbocycles. The molecule has 0 aromatic heterocycles. The van der Waals surface area contributed by atoms with Gasteiger partial charge in [-0.15, -0.1) is 93.4 Å². The van der Waals surface area contributed by atoms with E-state index in [-0.39, 0.29) is 39.7 Å². The summed E-state index contributed by atoms with van der Waals surface area (Å²) in [6.07, 6.45) is 0. The second kappa shape index (κ2) is 18.6. The Bertz CT molecular complexity index is 1710. The number of benzene rings is 4. The standard InChI is InChI=1S/C19H19.C18H17.2CH3.2ClH.Si.Zr/c1-12-9-18-14(3)6-8-17(19(18)10-12)16-7-5-13(2)15(4)11-16;1-13(2)16-11-15-9-6-10-17(18(15)12-16)14-7-4-3-5-8-14;;;;;;/h5-11H,1-4H3;3-13H,1-2H3;2*1H3;2*1H;;/q4*-1;;;;. The van der Waals surface area contributed by atoms with Crippen molar-refractivity contribution in [3.63, 3.8) is 0 Å². The van der Waals surface area contributed by atoms with Crippen LogP contribution in [0.15, 0.2) is 103 Å². The van der Waals surface area contributed by atoms with Crippen molar-refractivity contribution >= 4 is 53.2 Å². The van der Waals surface area contributed by atoms with Gasteiger partial charge < -0.3 is 14.9 Å². The second-order valence-electron chi connectivity index (χ2n) is 10.7. The summed E-state index contributed by atoms with van der Waals surface area (Å²) >= 11 is 1.36. The van der Waals surface area contributed by atoms with Crippen LogP contribution in [-0.2, 0) is 23.3 Å². The third-order valence-corrected chi connectivity index (χ3v) is 7.59. The molecule has 4 heteroatoms. The maximum absolute atomic E-state index is 3.06. The molecule has 0 heterocycles. The van der Waals surface area contributed by atoms with Crippen molar-refractivity contribution in [1.82, 2.24) is 0 Å². The summed E-state index contributed by atoms with van der Waals surface area (Å²) < 4.78 is 0. The number of hydrogen-bond donors (Lipinski definition) is 0. The molecule has 226 valence electrons. The van der Waals surface area contributed by atoms with Crippen molar-refractivity contribution < 1.29 is 23.3 Å². The summed E-state index contributed by atoms with van der Waals surface area (Å²) in [6.45, 7) is 16.3. The SMILES string of the molecule is CC(C)c1cc2c(-c3ccccc3)cccc2[cH-]1.Cc1cc2c(-c3ccc(C)c(C)c3)ccc(C)c2[cH-]1.Cl.Cl.[CH3-].[CH3-].[Si]=[Zr]. The van der Waals surface area contributed by atoms with Crippen molar-refractivity contribution in [2.75, 3.05) is 0 Å². The third-order valence-electron chi connectivity index (χ3n) is 7.59. The molecular weight excluding hydrogens is 659 g/mol. The van der Waals surface area contributed by atoms with Gasteiger partial charge in [0.2, 0.25) is 0 Å². The summed E-state index contributed by atoms with van der Waals surface area (Å²) in [6, 6.07) is 37.6. The molecule has 0 fully saturated rings. The van der Waals surface area contributed by atoms with Gasteiger partial charge in [0.05, 0.1) is 0 Å². The molecule has 6 rings (SSSR count). The van der Waals surface area contributed by atoms with Crippen LogP contribution in [0.3, 0.4) is 0 Å². The van der Waals surface area contributed by atoms with E-state index in [4.69, 9.17) is 0 Å². The Balaban J connectivity index is 0.000000714. The fourth-order valence-corrected chi connectivity index (χ4v) is 5.21. The maximum atomic E-state index is 3.06. The summed E-state index contributed by atoms with van der Waals surface area (Å²) in [5.74, 6) is 0.584. The second-order valence-corrected chi connectivity index (χ2v) is 10.7. The van der Waals surface area contributed by atoms with Crippen molar-refractivity contribution in [3.8, 4) is 22.3 Å². The minimum absolute atomic E-state index is 0. The van der Waals surface area contributed by atoms with Crippen LogP contribution in [-0.4, -0.2) is 6.88 Å². The fraction of sp³-hybridized carbons (Fsp3) is 0.179. The first-order chi connectivity index (χ1) is 18.8. The molecular formula is C39H44Cl2SiZr-4. The van der Waals surface area contributed by atoms with Crippen LogP contribution in [0.4, 0.5) is 0 Å². The molecule has 0 saturated heterocycles. The van der Waals surface area contributed by atoms with Gasteiger partial charge in [-0.3, -0.25) is 0 Å². The number of hydrogen-bond acceptors (Lipinski definition) is 0. The Morgan fingerprint density at radius 3 is 1.84 bits per heavy atom. The van der Waals surface area contributed by atoms with Gasteiger partial charge >= 0.3 is 30.2 Å². The number of fused-ring (bicyclic) bond motifs is 2. The molecule has 0 nitrogen and oxygen atoms in total. The van der Waals surface area contributed by atoms with Crippen LogP contribution in [0.5, 0.6) is 0 Å². The van der Waals surface area contributed by atoms with Crippen molar-refractivity contribution in [3.05, 3.63) is 146 Å². The Kier molecular flexibility index (Phi) is 17.6. The summed E-state index contributed by atoms with van der Waals surface area (Å²) in [4.78, 5) is 0. The molecule has 0 atom stereocenters. The monoisotopic (exact) mass is 700 g/mol. The molecule has 0 aliphatic rings. The van der Waals surface area contributed by atoms with Crippen LogP contribution in [0.2, 0.25) is 0 Å².